The Kier molecular flexibility index (Phi) is 16.1. The van der Waals surface area contributed by atoms with Crippen molar-refractivity contribution in [1.82, 2.24) is 0 Å². The van der Waals surface area contributed by atoms with Crippen molar-refractivity contribution in [3.05, 3.63) is 10.2 Å². The molecule has 7 atom stereocenters. The van der Waals surface area contributed by atoms with Crippen molar-refractivity contribution in [3.63, 3.8) is 0 Å². The minimum atomic E-state index is -2.28. The molecule has 2 heterocycles. The second-order valence-electron chi connectivity index (χ2n) is 19.2. The van der Waals surface area contributed by atoms with Gasteiger partial charge in [-0.15, -0.1) is 0 Å². The predicted octanol–water partition coefficient (Wildman–Crippen LogP) is 11.8. The van der Waals surface area contributed by atoms with E-state index in [-0.39, 0.29) is 57.8 Å². The lowest BCUT2D eigenvalue weighted by atomic mass is 9.87. The van der Waals surface area contributed by atoms with Gasteiger partial charge in [-0.1, -0.05) is 106 Å². The molecule has 0 saturated carbocycles. The second kappa shape index (κ2) is 17.1. The van der Waals surface area contributed by atoms with Crippen molar-refractivity contribution < 1.29 is 27.2 Å². The van der Waals surface area contributed by atoms with Gasteiger partial charge in [0.1, 0.15) is 24.4 Å². The van der Waals surface area contributed by atoms with Gasteiger partial charge in [-0.2, -0.15) is 0 Å². The van der Waals surface area contributed by atoms with Crippen molar-refractivity contribution >= 4 is 55.9 Å². The van der Waals surface area contributed by atoms with Crippen molar-refractivity contribution in [3.8, 4) is 0 Å². The van der Waals surface area contributed by atoms with Crippen LogP contribution in [0, 0.1) is 0 Å². The molecule has 2 aliphatic heterocycles. The Morgan fingerprint density at radius 1 is 0.708 bits per heavy atom. The van der Waals surface area contributed by atoms with E-state index < -0.39 is 33.3 Å². The maximum absolute atomic E-state index is 7.54. The first-order chi connectivity index (χ1) is 21.7. The summed E-state index contributed by atoms with van der Waals surface area (Å²) >= 11 is 2.33. The lowest BCUT2D eigenvalue weighted by molar-refractivity contribution is -0.267. The van der Waals surface area contributed by atoms with Crippen LogP contribution in [-0.2, 0) is 27.2 Å². The molecule has 6 nitrogen and oxygen atoms in total. The molecule has 0 aromatic rings. The Morgan fingerprint density at radius 2 is 1.19 bits per heavy atom. The number of ether oxygens (including phenoxy) is 2. The smallest absolute Gasteiger partial charge is 0.193 e. The third kappa shape index (κ3) is 11.1. The summed E-state index contributed by atoms with van der Waals surface area (Å²) in [6.45, 7) is 42.6. The fraction of sp³-hybridized carbons (Fsp3) is 0.946. The fourth-order valence-corrected chi connectivity index (χ4v) is 13.0. The number of hydrogen-bond acceptors (Lipinski definition) is 6. The molecule has 48 heavy (non-hydrogen) atoms. The molecular weight excluding hydrogens is 780 g/mol. The van der Waals surface area contributed by atoms with Crippen molar-refractivity contribution in [2.75, 3.05) is 6.61 Å². The highest BCUT2D eigenvalue weighted by molar-refractivity contribution is 14.1. The molecule has 0 N–H and O–H groups in total. The third-order valence-electron chi connectivity index (χ3n) is 12.9. The molecule has 2 aliphatic rings. The van der Waals surface area contributed by atoms with E-state index in [2.05, 4.69) is 155 Å². The molecule has 1 unspecified atom stereocenters. The van der Waals surface area contributed by atoms with Gasteiger partial charge in [0.2, 0.25) is 0 Å². The molecule has 284 valence electrons. The summed E-state index contributed by atoms with van der Waals surface area (Å²) in [6.07, 6.45) is 3.74. The highest BCUT2D eigenvalue weighted by Gasteiger charge is 2.57. The molecule has 0 aromatic carbocycles. The molecule has 0 aliphatic carbocycles. The maximum Gasteiger partial charge on any atom is 0.193 e. The number of rotatable bonds is 15. The number of hydrogen-bond donors (Lipinski definition) is 0. The monoisotopic (exact) mass is 856 g/mol. The van der Waals surface area contributed by atoms with Gasteiger partial charge >= 0.3 is 0 Å². The van der Waals surface area contributed by atoms with Gasteiger partial charge < -0.3 is 27.2 Å². The van der Waals surface area contributed by atoms with E-state index in [1.165, 1.54) is 18.1 Å². The van der Waals surface area contributed by atoms with Crippen molar-refractivity contribution in [2.24, 2.45) is 0 Å². The predicted molar refractivity (Wildman–Crippen MR) is 224 cm³/mol. The highest BCUT2D eigenvalue weighted by atomic mass is 127. The van der Waals surface area contributed by atoms with Crippen LogP contribution in [-0.4, -0.2) is 82.6 Å². The normalized spacial score (nSPS) is 27.7. The standard InChI is InChI=1S/C37H77IO6Si4/c1-19-48(20-2,21-3)39-27-25-28-22-23-29-31(40-28)33(43-46(15,16)36(7,8)9)34(44-47(17,18)37(10,11)12)32(41-29)30(24-26-38)42-45(13,14)35(4,5)6/h24,26,28-34H,19-23,25,27H2,1-18H3/b26-24+/t28-,29+,30+,31+,32?,33+,34-/m1/s1. The summed E-state index contributed by atoms with van der Waals surface area (Å²) in [5.74, 6) is 0. The second-order valence-corrected chi connectivity index (χ2v) is 38.9. The van der Waals surface area contributed by atoms with E-state index >= 15 is 0 Å². The Balaban J connectivity index is 2.65. The maximum atomic E-state index is 7.54. The van der Waals surface area contributed by atoms with Crippen LogP contribution < -0.4 is 0 Å². The van der Waals surface area contributed by atoms with Gasteiger partial charge in [-0.25, -0.2) is 0 Å². The fourth-order valence-electron chi connectivity index (χ4n) is 6.03. The van der Waals surface area contributed by atoms with Crippen LogP contribution in [0.15, 0.2) is 10.2 Å². The SMILES string of the molecule is CC[Si](CC)(CC)OCC[C@H]1CC[C@@H]2OC([C@H](/C=C/I)O[Si](C)(C)C(C)(C)C)[C@@H](O[Si](C)(C)C(C)(C)C)[C@@H](O[Si](C)(C)C(C)(C)C)[C@H]2O1. The molecule has 0 amide bonds. The molecule has 2 fully saturated rings. The first-order valence-corrected chi connectivity index (χ1v) is 31.5. The highest BCUT2D eigenvalue weighted by Crippen LogP contribution is 2.47. The van der Waals surface area contributed by atoms with Gasteiger partial charge in [-0.05, 0) is 102 Å². The third-order valence-corrected chi connectivity index (χ3v) is 31.4. The van der Waals surface area contributed by atoms with Gasteiger partial charge in [0, 0.05) is 6.61 Å². The van der Waals surface area contributed by atoms with E-state index in [0.29, 0.717) is 0 Å². The summed E-state index contributed by atoms with van der Waals surface area (Å²) in [4.78, 5) is 0. The zero-order valence-electron chi connectivity index (χ0n) is 34.5. The summed E-state index contributed by atoms with van der Waals surface area (Å²) in [5, 5.41) is 0.116. The number of halogens is 1. The van der Waals surface area contributed by atoms with Crippen LogP contribution in [0.4, 0.5) is 0 Å². The Labute approximate surface area is 315 Å². The van der Waals surface area contributed by atoms with Gasteiger partial charge in [0.05, 0.1) is 18.3 Å². The Hall–Kier alpha value is 1.10. The molecule has 0 radical (unpaired) electrons. The van der Waals surface area contributed by atoms with Crippen LogP contribution in [0.2, 0.25) is 72.5 Å². The average molecular weight is 857 g/mol. The summed E-state index contributed by atoms with van der Waals surface area (Å²) in [5.41, 5.74) is 0. The van der Waals surface area contributed by atoms with E-state index in [9.17, 15) is 0 Å². The molecular formula is C37H77IO6Si4. The summed E-state index contributed by atoms with van der Waals surface area (Å²) in [6, 6.07) is 3.51. The molecule has 0 aromatic heterocycles. The van der Waals surface area contributed by atoms with Crippen LogP contribution in [0.25, 0.3) is 0 Å². The van der Waals surface area contributed by atoms with E-state index in [1.54, 1.807) is 0 Å². The minimum Gasteiger partial charge on any atom is -0.417 e. The van der Waals surface area contributed by atoms with Gasteiger partial charge in [-0.3, -0.25) is 0 Å². The first kappa shape index (κ1) is 45.3. The lowest BCUT2D eigenvalue weighted by Crippen LogP contribution is -2.69. The van der Waals surface area contributed by atoms with Crippen LogP contribution in [0.5, 0.6) is 0 Å². The number of fused-ring (bicyclic) bond motifs is 1. The lowest BCUT2D eigenvalue weighted by Gasteiger charge is -2.56. The molecule has 11 heteroatoms. The quantitative estimate of drug-likeness (QED) is 0.121. The zero-order chi connectivity index (χ0) is 37.1. The van der Waals surface area contributed by atoms with E-state index in [0.717, 1.165) is 25.9 Å². The van der Waals surface area contributed by atoms with Crippen molar-refractivity contribution in [2.45, 2.75) is 218 Å². The topological polar surface area (TPSA) is 55.4 Å². The minimum absolute atomic E-state index is 0.0202. The first-order valence-electron chi connectivity index (χ1n) is 19.0. The average Bonchev–Trinajstić information content (AvgIpc) is 2.94. The largest absolute Gasteiger partial charge is 0.417 e. The van der Waals surface area contributed by atoms with E-state index in [4.69, 9.17) is 27.2 Å². The van der Waals surface area contributed by atoms with Gasteiger partial charge in [0.25, 0.3) is 0 Å². The molecule has 2 rings (SSSR count). The van der Waals surface area contributed by atoms with Crippen LogP contribution in [0.1, 0.15) is 102 Å². The van der Waals surface area contributed by atoms with Crippen LogP contribution in [0.3, 0.4) is 0 Å². The summed E-state index contributed by atoms with van der Waals surface area (Å²) in [7, 11) is -8.34. The van der Waals surface area contributed by atoms with Crippen LogP contribution >= 0.6 is 22.6 Å². The molecule has 0 spiro atoms. The van der Waals surface area contributed by atoms with E-state index in [1.807, 2.05) is 0 Å². The van der Waals surface area contributed by atoms with Crippen molar-refractivity contribution in [1.29, 1.82) is 0 Å². The molecule has 2 saturated heterocycles. The van der Waals surface area contributed by atoms with Gasteiger partial charge in [0.15, 0.2) is 33.3 Å². The summed E-state index contributed by atoms with van der Waals surface area (Å²) < 4.78 is 45.5. The molecule has 0 bridgehead atoms. The Morgan fingerprint density at radius 3 is 1.62 bits per heavy atom. The zero-order valence-corrected chi connectivity index (χ0v) is 40.6. The Bertz CT molecular complexity index is 1020.